The van der Waals surface area contributed by atoms with Crippen molar-refractivity contribution in [2.24, 2.45) is 0 Å². The second-order valence-electron chi connectivity index (χ2n) is 5.53. The Morgan fingerprint density at radius 2 is 1.95 bits per heavy atom. The third-order valence-electron chi connectivity index (χ3n) is 3.58. The van der Waals surface area contributed by atoms with Crippen LogP contribution in [0.4, 0.5) is 5.82 Å². The van der Waals surface area contributed by atoms with Gasteiger partial charge in [0.25, 0.3) is 0 Å². The normalized spacial score (nSPS) is 15.0. The molecule has 0 aromatic carbocycles. The van der Waals surface area contributed by atoms with Crippen molar-refractivity contribution in [3.05, 3.63) is 24.4 Å². The average Bonchev–Trinajstić information content (AvgIpc) is 2.54. The summed E-state index contributed by atoms with van der Waals surface area (Å²) in [7, 11) is 3.84. The van der Waals surface area contributed by atoms with E-state index in [0.717, 1.165) is 5.82 Å². The summed E-state index contributed by atoms with van der Waals surface area (Å²) in [6, 6.07) is 5.77. The Kier molecular flexibility index (Phi) is 5.71. The first-order valence-corrected chi connectivity index (χ1v) is 7.46. The molecule has 1 aromatic rings. The van der Waals surface area contributed by atoms with Crippen LogP contribution in [0, 0.1) is 0 Å². The lowest BCUT2D eigenvalue weighted by Gasteiger charge is -2.35. The summed E-state index contributed by atoms with van der Waals surface area (Å²) in [4.78, 5) is 33.9. The first kappa shape index (κ1) is 16.2. The first-order chi connectivity index (χ1) is 10.6. The number of pyridine rings is 1. The summed E-state index contributed by atoms with van der Waals surface area (Å²) in [6.45, 7) is 3.65. The molecule has 120 valence electrons. The monoisotopic (exact) mass is 305 g/mol. The molecule has 0 atom stereocenters. The maximum absolute atomic E-state index is 12.1. The highest BCUT2D eigenvalue weighted by molar-refractivity contribution is 6.35. The predicted octanol–water partition coefficient (Wildman–Crippen LogP) is -0.592. The van der Waals surface area contributed by atoms with E-state index in [-0.39, 0.29) is 0 Å². The molecule has 1 fully saturated rings. The van der Waals surface area contributed by atoms with E-state index in [9.17, 15) is 9.59 Å². The molecule has 0 spiro atoms. The number of nitrogens with one attached hydrogen (secondary N) is 1. The van der Waals surface area contributed by atoms with Crippen LogP contribution < -0.4 is 10.2 Å². The number of hydrogen-bond acceptors (Lipinski definition) is 5. The van der Waals surface area contributed by atoms with Gasteiger partial charge in [0, 0.05) is 45.5 Å². The molecule has 1 aliphatic heterocycles. The van der Waals surface area contributed by atoms with E-state index in [1.165, 1.54) is 0 Å². The number of piperazine rings is 1. The fourth-order valence-electron chi connectivity index (χ4n) is 2.29. The first-order valence-electron chi connectivity index (χ1n) is 7.46. The van der Waals surface area contributed by atoms with Gasteiger partial charge in [0.1, 0.15) is 5.82 Å². The van der Waals surface area contributed by atoms with Crippen LogP contribution in [0.5, 0.6) is 0 Å². The third-order valence-corrected chi connectivity index (χ3v) is 3.58. The molecule has 1 aliphatic rings. The Morgan fingerprint density at radius 1 is 1.23 bits per heavy atom. The number of amides is 2. The number of nitrogens with zero attached hydrogens (tertiary/aromatic N) is 4. The SMILES string of the molecule is CN(C)CCNC(=O)C(=O)N1CCN(c2ccccn2)CC1. The van der Waals surface area contributed by atoms with Crippen molar-refractivity contribution in [2.75, 3.05) is 58.3 Å². The third kappa shape index (κ3) is 4.42. The lowest BCUT2D eigenvalue weighted by atomic mass is 10.3. The summed E-state index contributed by atoms with van der Waals surface area (Å²) in [5.74, 6) is -0.0578. The van der Waals surface area contributed by atoms with Gasteiger partial charge >= 0.3 is 11.8 Å². The topological polar surface area (TPSA) is 68.8 Å². The van der Waals surface area contributed by atoms with Crippen molar-refractivity contribution in [1.29, 1.82) is 0 Å². The van der Waals surface area contributed by atoms with Gasteiger partial charge in [-0.1, -0.05) is 6.07 Å². The van der Waals surface area contributed by atoms with Crippen LogP contribution >= 0.6 is 0 Å². The zero-order chi connectivity index (χ0) is 15.9. The van der Waals surface area contributed by atoms with E-state index in [1.807, 2.05) is 37.2 Å². The van der Waals surface area contributed by atoms with Gasteiger partial charge in [0.2, 0.25) is 0 Å². The summed E-state index contributed by atoms with van der Waals surface area (Å²) >= 11 is 0. The van der Waals surface area contributed by atoms with Gasteiger partial charge in [0.05, 0.1) is 0 Å². The Hall–Kier alpha value is -2.15. The Balaban J connectivity index is 1.78. The molecule has 1 N–H and O–H groups in total. The van der Waals surface area contributed by atoms with Crippen molar-refractivity contribution in [1.82, 2.24) is 20.1 Å². The molecule has 0 saturated carbocycles. The van der Waals surface area contributed by atoms with Crippen molar-refractivity contribution < 1.29 is 9.59 Å². The van der Waals surface area contributed by atoms with E-state index >= 15 is 0 Å². The van der Waals surface area contributed by atoms with Crippen LogP contribution in [0.2, 0.25) is 0 Å². The van der Waals surface area contributed by atoms with Crippen LogP contribution in [0.3, 0.4) is 0 Å². The molecule has 0 radical (unpaired) electrons. The van der Waals surface area contributed by atoms with Gasteiger partial charge in [-0.15, -0.1) is 0 Å². The van der Waals surface area contributed by atoms with E-state index in [4.69, 9.17) is 0 Å². The maximum atomic E-state index is 12.1. The minimum absolute atomic E-state index is 0.445. The highest BCUT2D eigenvalue weighted by Crippen LogP contribution is 2.12. The molecule has 2 amide bonds. The highest BCUT2D eigenvalue weighted by Gasteiger charge is 2.26. The molecule has 2 heterocycles. The summed E-state index contributed by atoms with van der Waals surface area (Å²) in [5, 5.41) is 2.66. The molecule has 0 unspecified atom stereocenters. The van der Waals surface area contributed by atoms with Crippen molar-refractivity contribution in [2.45, 2.75) is 0 Å². The number of rotatable bonds is 4. The quantitative estimate of drug-likeness (QED) is 0.753. The fourth-order valence-corrected chi connectivity index (χ4v) is 2.29. The smallest absolute Gasteiger partial charge is 0.312 e. The molecular formula is C15H23N5O2. The van der Waals surface area contributed by atoms with E-state index in [0.29, 0.717) is 39.3 Å². The minimum Gasteiger partial charge on any atom is -0.353 e. The lowest BCUT2D eigenvalue weighted by Crippen LogP contribution is -2.53. The summed E-state index contributed by atoms with van der Waals surface area (Å²) in [6.07, 6.45) is 1.76. The molecule has 0 aliphatic carbocycles. The van der Waals surface area contributed by atoms with Gasteiger partial charge in [0.15, 0.2) is 0 Å². The van der Waals surface area contributed by atoms with Crippen LogP contribution in [0.1, 0.15) is 0 Å². The molecule has 7 nitrogen and oxygen atoms in total. The van der Waals surface area contributed by atoms with Gasteiger partial charge in [-0.05, 0) is 26.2 Å². The second-order valence-corrected chi connectivity index (χ2v) is 5.53. The van der Waals surface area contributed by atoms with Crippen LogP contribution in [0.15, 0.2) is 24.4 Å². The molecule has 7 heteroatoms. The van der Waals surface area contributed by atoms with Gasteiger partial charge < -0.3 is 20.0 Å². The van der Waals surface area contributed by atoms with E-state index < -0.39 is 11.8 Å². The number of hydrogen-bond donors (Lipinski definition) is 1. The zero-order valence-electron chi connectivity index (χ0n) is 13.2. The van der Waals surface area contributed by atoms with Crippen molar-refractivity contribution >= 4 is 17.6 Å². The highest BCUT2D eigenvalue weighted by atomic mass is 16.2. The second kappa shape index (κ2) is 7.74. The van der Waals surface area contributed by atoms with E-state index in [1.54, 1.807) is 11.1 Å². The summed E-state index contributed by atoms with van der Waals surface area (Å²) in [5.41, 5.74) is 0. The van der Waals surface area contributed by atoms with E-state index in [2.05, 4.69) is 15.2 Å². The standard InChI is InChI=1S/C15H23N5O2/c1-18(2)8-7-17-14(21)15(22)20-11-9-19(10-12-20)13-5-3-4-6-16-13/h3-6H,7-12H2,1-2H3,(H,17,21). The predicted molar refractivity (Wildman–Crippen MR) is 84.6 cm³/mol. The van der Waals surface area contributed by atoms with Crippen molar-refractivity contribution in [3.8, 4) is 0 Å². The Bertz CT molecular complexity index is 498. The molecule has 22 heavy (non-hydrogen) atoms. The van der Waals surface area contributed by atoms with Gasteiger partial charge in [-0.3, -0.25) is 9.59 Å². The van der Waals surface area contributed by atoms with Crippen LogP contribution in [-0.4, -0.2) is 80.0 Å². The summed E-state index contributed by atoms with van der Waals surface area (Å²) < 4.78 is 0. The molecule has 0 bridgehead atoms. The molecule has 1 aromatic heterocycles. The lowest BCUT2D eigenvalue weighted by molar-refractivity contribution is -0.146. The number of aromatic nitrogens is 1. The average molecular weight is 305 g/mol. The fraction of sp³-hybridized carbons (Fsp3) is 0.533. The maximum Gasteiger partial charge on any atom is 0.312 e. The molecule has 1 saturated heterocycles. The van der Waals surface area contributed by atoms with Crippen LogP contribution in [-0.2, 0) is 9.59 Å². The number of carbonyl (C=O) groups is 2. The Morgan fingerprint density at radius 3 is 2.55 bits per heavy atom. The largest absolute Gasteiger partial charge is 0.353 e. The minimum atomic E-state index is -0.520. The Labute approximate surface area is 130 Å². The number of anilines is 1. The zero-order valence-corrected chi connectivity index (χ0v) is 13.2. The molecular weight excluding hydrogens is 282 g/mol. The van der Waals surface area contributed by atoms with Crippen LogP contribution in [0.25, 0.3) is 0 Å². The van der Waals surface area contributed by atoms with Gasteiger partial charge in [-0.2, -0.15) is 0 Å². The number of likely N-dealkylation sites (N-methyl/N-ethyl adjacent to an activating group) is 1. The number of carbonyl (C=O) groups excluding carboxylic acids is 2. The van der Waals surface area contributed by atoms with Gasteiger partial charge in [-0.25, -0.2) is 4.98 Å². The molecule has 2 rings (SSSR count). The van der Waals surface area contributed by atoms with Crippen molar-refractivity contribution in [3.63, 3.8) is 0 Å².